The first-order valence-corrected chi connectivity index (χ1v) is 31.2. The third kappa shape index (κ3) is 16.2. The molecule has 0 saturated heterocycles. The third-order valence-corrected chi connectivity index (χ3v) is 16.9. The van der Waals surface area contributed by atoms with Crippen LogP contribution in [0.5, 0.6) is 0 Å². The van der Waals surface area contributed by atoms with Gasteiger partial charge in [-0.05, 0) is 190 Å². The molecule has 0 nitrogen and oxygen atoms in total. The molecule has 0 heterocycles. The predicted octanol–water partition coefficient (Wildman–Crippen LogP) is 24.4. The van der Waals surface area contributed by atoms with Crippen LogP contribution in [0.1, 0.15) is 103 Å². The number of aryl methyl sites for hydroxylation is 12. The second-order valence-corrected chi connectivity index (χ2v) is 25.1. The van der Waals surface area contributed by atoms with Crippen LogP contribution in [0.3, 0.4) is 0 Å². The molecule has 0 aromatic heterocycles. The maximum absolute atomic E-state index is 2.34. The first kappa shape index (κ1) is 63.2. The summed E-state index contributed by atoms with van der Waals surface area (Å²) in [5, 5.41) is 0. The lowest BCUT2D eigenvalue weighted by Crippen LogP contribution is -2.15. The third-order valence-electron chi connectivity index (χ3n) is 16.9. The highest BCUT2D eigenvalue weighted by molar-refractivity contribution is 5.81. The van der Waals surface area contributed by atoms with Gasteiger partial charge in [-0.15, -0.1) is 0 Å². The molecule has 0 N–H and O–H groups in total. The predicted molar refractivity (Wildman–Crippen MR) is 383 cm³/mol. The summed E-state index contributed by atoms with van der Waals surface area (Å²) in [4.78, 5) is 0. The van der Waals surface area contributed by atoms with Gasteiger partial charge < -0.3 is 0 Å². The van der Waals surface area contributed by atoms with Crippen molar-refractivity contribution >= 4 is 0 Å². The highest BCUT2D eigenvalue weighted by Crippen LogP contribution is 2.49. The van der Waals surface area contributed by atoms with Crippen molar-refractivity contribution in [2.45, 2.75) is 109 Å². The van der Waals surface area contributed by atoms with Crippen molar-refractivity contribution in [3.63, 3.8) is 0 Å². The molecule has 14 rings (SSSR count). The Kier molecular flexibility index (Phi) is 20.7. The molecule has 0 fully saturated rings. The highest BCUT2D eigenvalue weighted by Gasteiger charge is 2.35. The van der Waals surface area contributed by atoms with Crippen molar-refractivity contribution in [3.8, 4) is 66.8 Å². The molecular weight excluding hydrogens is 1060 g/mol. The van der Waals surface area contributed by atoms with Gasteiger partial charge in [-0.1, -0.05) is 336 Å². The van der Waals surface area contributed by atoms with Crippen molar-refractivity contribution in [3.05, 3.63) is 356 Å². The van der Waals surface area contributed by atoms with Crippen LogP contribution in [-0.4, -0.2) is 0 Å². The van der Waals surface area contributed by atoms with Crippen LogP contribution < -0.4 is 0 Å². The maximum atomic E-state index is 2.34. The van der Waals surface area contributed by atoms with E-state index in [2.05, 4.69) is 364 Å². The zero-order valence-electron chi connectivity index (χ0n) is 54.6. The largest absolute Gasteiger partial charge is 0.0620 e. The molecule has 0 bridgehead atoms. The molecule has 12 aromatic carbocycles. The van der Waals surface area contributed by atoms with Gasteiger partial charge in [0.05, 0.1) is 0 Å². The van der Waals surface area contributed by atoms with Gasteiger partial charge in [-0.3, -0.25) is 0 Å². The summed E-state index contributed by atoms with van der Waals surface area (Å²) in [6, 6.07) is 95.9. The second kappa shape index (κ2) is 28.9. The average Bonchev–Trinajstić information content (AvgIpc) is 2.05. The quantitative estimate of drug-likeness (QED) is 0.165. The zero-order chi connectivity index (χ0) is 62.5. The van der Waals surface area contributed by atoms with Crippen molar-refractivity contribution in [1.29, 1.82) is 0 Å². The monoisotopic (exact) mass is 1140 g/mol. The molecular formula is C88H88. The van der Waals surface area contributed by atoms with E-state index in [1.807, 2.05) is 0 Å². The summed E-state index contributed by atoms with van der Waals surface area (Å²) >= 11 is 0. The molecule has 0 atom stereocenters. The highest BCUT2D eigenvalue weighted by atomic mass is 14.4. The summed E-state index contributed by atoms with van der Waals surface area (Å²) in [7, 11) is 0. The molecule has 0 aliphatic heterocycles. The first-order valence-electron chi connectivity index (χ1n) is 31.2. The summed E-state index contributed by atoms with van der Waals surface area (Å²) in [5.41, 5.74) is 38.1. The summed E-state index contributed by atoms with van der Waals surface area (Å²) in [6.45, 7) is 30.3. The lowest BCUT2D eigenvalue weighted by atomic mass is 9.81. The lowest BCUT2D eigenvalue weighted by Gasteiger charge is -2.22. The second-order valence-electron chi connectivity index (χ2n) is 25.1. The Labute approximate surface area is 528 Å². The van der Waals surface area contributed by atoms with E-state index in [0.29, 0.717) is 0 Å². The van der Waals surface area contributed by atoms with E-state index in [1.54, 1.807) is 0 Å². The molecule has 0 spiro atoms. The molecule has 2 aliphatic rings. The van der Waals surface area contributed by atoms with E-state index >= 15 is 0 Å². The Morgan fingerprint density at radius 2 is 0.500 bits per heavy atom. The van der Waals surface area contributed by atoms with E-state index in [0.717, 1.165) is 6.42 Å². The standard InChI is InChI=1S/C17H18.C15H14.4C14H14/c1-11-5-7-13-14-8-6-12(2)10-16(14)17(3,4)15(13)9-11;1-10-3-5-14-12(7-10)9-13-8-11(2)4-6-15(13)14;1-11-5-3-7-13(9-11)14-8-4-6-12(2)10-14;1-11-6-5-8-13(10-11)14-9-4-3-7-12(14)2;1-11-6-8-13(9-7-11)14-5-3-4-12(2)10-14;1-11-7-9-13(10-8-11)14-6-4-3-5-12(14)2/h5-10H,1-4H3;3-8H,9H2,1-2H3;4*3-10H,1-2H3. The minimum Gasteiger partial charge on any atom is -0.0620 e. The summed E-state index contributed by atoms with van der Waals surface area (Å²) in [6.07, 6.45) is 1.11. The smallest absolute Gasteiger partial charge is 0.0159 e. The minimum absolute atomic E-state index is 0.142. The van der Waals surface area contributed by atoms with Crippen LogP contribution in [0.15, 0.2) is 267 Å². The molecule has 2 aliphatic carbocycles. The van der Waals surface area contributed by atoms with Crippen LogP contribution in [0, 0.1) is 83.1 Å². The first-order chi connectivity index (χ1) is 42.3. The van der Waals surface area contributed by atoms with Crippen molar-refractivity contribution in [2.75, 3.05) is 0 Å². The van der Waals surface area contributed by atoms with E-state index in [9.17, 15) is 0 Å². The Hall–Kier alpha value is -9.36. The van der Waals surface area contributed by atoms with Gasteiger partial charge in [0.2, 0.25) is 0 Å². The average molecular weight is 1150 g/mol. The van der Waals surface area contributed by atoms with Crippen LogP contribution in [0.2, 0.25) is 0 Å². The minimum atomic E-state index is 0.142. The molecule has 0 radical (unpaired) electrons. The van der Waals surface area contributed by atoms with Gasteiger partial charge in [-0.25, -0.2) is 0 Å². The molecule has 0 heteroatoms. The van der Waals surface area contributed by atoms with Crippen LogP contribution in [0.25, 0.3) is 66.8 Å². The normalized spacial score (nSPS) is 11.6. The fourth-order valence-electron chi connectivity index (χ4n) is 12.0. The van der Waals surface area contributed by atoms with Crippen molar-refractivity contribution in [2.24, 2.45) is 0 Å². The molecule has 440 valence electrons. The van der Waals surface area contributed by atoms with E-state index in [-0.39, 0.29) is 5.41 Å². The molecule has 88 heavy (non-hydrogen) atoms. The number of hydrogen-bond donors (Lipinski definition) is 0. The van der Waals surface area contributed by atoms with Gasteiger partial charge in [0.25, 0.3) is 0 Å². The number of benzene rings is 12. The summed E-state index contributed by atoms with van der Waals surface area (Å²) < 4.78 is 0. The Morgan fingerprint density at radius 1 is 0.205 bits per heavy atom. The van der Waals surface area contributed by atoms with Gasteiger partial charge in [0.15, 0.2) is 0 Å². The Balaban J connectivity index is 0.000000126. The SMILES string of the molecule is Cc1ccc(-c2cccc(C)c2)cc1.Cc1ccc(-c2ccccc2C)cc1.Cc1ccc2c(c1)C(C)(C)c1cc(C)ccc1-2.Cc1ccc2c(c1)Cc1cc(C)ccc1-2.Cc1cccc(-c2cccc(C)c2)c1.Cc1cccc(-c2ccccc2C)c1. The van der Waals surface area contributed by atoms with E-state index < -0.39 is 0 Å². The van der Waals surface area contributed by atoms with Gasteiger partial charge in [-0.2, -0.15) is 0 Å². The fourth-order valence-corrected chi connectivity index (χ4v) is 12.0. The molecule has 0 saturated carbocycles. The van der Waals surface area contributed by atoms with Crippen molar-refractivity contribution < 1.29 is 0 Å². The van der Waals surface area contributed by atoms with Crippen molar-refractivity contribution in [1.82, 2.24) is 0 Å². The fraction of sp³-hybridized carbons (Fsp3) is 0.182. The van der Waals surface area contributed by atoms with Gasteiger partial charge >= 0.3 is 0 Å². The number of rotatable bonds is 4. The van der Waals surface area contributed by atoms with E-state index in [4.69, 9.17) is 0 Å². The molecule has 12 aromatic rings. The Bertz CT molecular complexity index is 4170. The Morgan fingerprint density at radius 3 is 0.886 bits per heavy atom. The maximum Gasteiger partial charge on any atom is 0.0159 e. The molecule has 0 amide bonds. The lowest BCUT2D eigenvalue weighted by molar-refractivity contribution is 0.659. The van der Waals surface area contributed by atoms with Gasteiger partial charge in [0.1, 0.15) is 0 Å². The van der Waals surface area contributed by atoms with Gasteiger partial charge in [0, 0.05) is 5.41 Å². The summed E-state index contributed by atoms with van der Waals surface area (Å²) in [5.74, 6) is 0. The number of hydrogen-bond acceptors (Lipinski definition) is 0. The zero-order valence-corrected chi connectivity index (χ0v) is 54.6. The topological polar surface area (TPSA) is 0 Å². The number of fused-ring (bicyclic) bond motifs is 6. The van der Waals surface area contributed by atoms with Crippen LogP contribution in [0.4, 0.5) is 0 Å². The van der Waals surface area contributed by atoms with Crippen LogP contribution >= 0.6 is 0 Å². The molecule has 0 unspecified atom stereocenters. The van der Waals surface area contributed by atoms with E-state index in [1.165, 1.54) is 156 Å². The van der Waals surface area contributed by atoms with Crippen LogP contribution in [-0.2, 0) is 11.8 Å².